The quantitative estimate of drug-likeness (QED) is 0.317. The first kappa shape index (κ1) is 15.8. The average Bonchev–Trinajstić information content (AvgIpc) is 3.07. The minimum atomic E-state index is 0.771. The highest BCUT2D eigenvalue weighted by Gasteiger charge is 2.13. The van der Waals surface area contributed by atoms with E-state index in [4.69, 9.17) is 4.74 Å². The summed E-state index contributed by atoms with van der Waals surface area (Å²) in [6, 6.07) is 24.4. The van der Waals surface area contributed by atoms with Gasteiger partial charge in [0.2, 0.25) is 0 Å². The zero-order valence-corrected chi connectivity index (χ0v) is 15.6. The van der Waals surface area contributed by atoms with Crippen molar-refractivity contribution in [1.29, 1.82) is 0 Å². The molecule has 0 aliphatic rings. The van der Waals surface area contributed by atoms with E-state index in [2.05, 4.69) is 73.7 Å². The monoisotopic (exact) mass is 356 g/mol. The zero-order chi connectivity index (χ0) is 17.5. The van der Waals surface area contributed by atoms with E-state index in [1.165, 1.54) is 47.3 Å². The van der Waals surface area contributed by atoms with Crippen LogP contribution in [0.1, 0.15) is 12.5 Å². The molecule has 0 aliphatic heterocycles. The molecule has 0 saturated carbocycles. The molecule has 1 aromatic heterocycles. The second-order valence-electron chi connectivity index (χ2n) is 6.67. The summed E-state index contributed by atoms with van der Waals surface area (Å²) in [7, 11) is 0. The lowest BCUT2D eigenvalue weighted by Crippen LogP contribution is -1.98. The fraction of sp³-hybridized carbons (Fsp3) is 0.167. The number of ether oxygens (including phenoxy) is 1. The Morgan fingerprint density at radius 3 is 2.54 bits per heavy atom. The average molecular weight is 356 g/mol. The number of thiophene rings is 1. The van der Waals surface area contributed by atoms with Gasteiger partial charge in [-0.3, -0.25) is 0 Å². The van der Waals surface area contributed by atoms with E-state index in [1.54, 1.807) is 0 Å². The summed E-state index contributed by atoms with van der Waals surface area (Å²) >= 11 is 1.91. The minimum absolute atomic E-state index is 0.771. The molecule has 1 nitrogen and oxygen atoms in total. The van der Waals surface area contributed by atoms with Crippen molar-refractivity contribution in [3.63, 3.8) is 0 Å². The van der Waals surface area contributed by atoms with Gasteiger partial charge in [-0.15, -0.1) is 11.3 Å². The van der Waals surface area contributed by atoms with Crippen LogP contribution < -0.4 is 0 Å². The number of fused-ring (bicyclic) bond motifs is 7. The van der Waals surface area contributed by atoms with Crippen molar-refractivity contribution in [1.82, 2.24) is 0 Å². The maximum atomic E-state index is 5.63. The molecule has 0 unspecified atom stereocenters. The lowest BCUT2D eigenvalue weighted by Gasteiger charge is -2.09. The van der Waals surface area contributed by atoms with Crippen molar-refractivity contribution in [2.24, 2.45) is 0 Å². The van der Waals surface area contributed by atoms with E-state index >= 15 is 0 Å². The van der Waals surface area contributed by atoms with Gasteiger partial charge in [0, 0.05) is 26.8 Å². The van der Waals surface area contributed by atoms with Gasteiger partial charge in [-0.2, -0.15) is 0 Å². The zero-order valence-electron chi connectivity index (χ0n) is 14.8. The molecule has 1 heterocycles. The maximum absolute atomic E-state index is 5.63. The fourth-order valence-electron chi connectivity index (χ4n) is 3.98. The Labute approximate surface area is 156 Å². The van der Waals surface area contributed by atoms with Gasteiger partial charge in [0.05, 0.1) is 6.61 Å². The minimum Gasteiger partial charge on any atom is -0.381 e. The third-order valence-corrected chi connectivity index (χ3v) is 6.38. The van der Waals surface area contributed by atoms with Crippen LogP contribution in [0, 0.1) is 0 Å². The lowest BCUT2D eigenvalue weighted by molar-refractivity contribution is 0.151. The summed E-state index contributed by atoms with van der Waals surface area (Å²) in [5.41, 5.74) is 1.38. The Morgan fingerprint density at radius 1 is 0.769 bits per heavy atom. The van der Waals surface area contributed by atoms with Crippen molar-refractivity contribution in [2.75, 3.05) is 13.2 Å². The molecular formula is C24H20OS. The lowest BCUT2D eigenvalue weighted by atomic mass is 9.96. The highest BCUT2D eigenvalue weighted by atomic mass is 32.1. The molecule has 0 bridgehead atoms. The second kappa shape index (κ2) is 6.39. The topological polar surface area (TPSA) is 9.23 Å². The van der Waals surface area contributed by atoms with Crippen LogP contribution in [0.3, 0.4) is 0 Å². The summed E-state index contributed by atoms with van der Waals surface area (Å²) in [4.78, 5) is 0. The summed E-state index contributed by atoms with van der Waals surface area (Å²) in [5, 5.41) is 8.16. The van der Waals surface area contributed by atoms with Crippen LogP contribution in [-0.4, -0.2) is 13.2 Å². The molecule has 5 rings (SSSR count). The SMILES string of the molecule is CCOCCc1cccc2ccc3sc4c5ccccc5ccc4c3c12. The Balaban J connectivity index is 1.87. The summed E-state index contributed by atoms with van der Waals surface area (Å²) < 4.78 is 8.39. The van der Waals surface area contributed by atoms with Gasteiger partial charge in [-0.25, -0.2) is 0 Å². The normalized spacial score (nSPS) is 11.9. The molecule has 26 heavy (non-hydrogen) atoms. The summed E-state index contributed by atoms with van der Waals surface area (Å²) in [5.74, 6) is 0. The molecule has 0 atom stereocenters. The van der Waals surface area contributed by atoms with Crippen molar-refractivity contribution in [3.05, 3.63) is 72.3 Å². The number of hydrogen-bond acceptors (Lipinski definition) is 2. The van der Waals surface area contributed by atoms with E-state index in [0.29, 0.717) is 0 Å². The van der Waals surface area contributed by atoms with E-state index in [0.717, 1.165) is 19.6 Å². The standard InChI is InChI=1S/C24H20OS/c1-2-25-15-14-18-8-5-7-17-11-13-21-23(22(17)18)20-12-10-16-6-3-4-9-19(16)24(20)26-21/h3-13H,2,14-15H2,1H3. The molecule has 0 aliphatic carbocycles. The van der Waals surface area contributed by atoms with Gasteiger partial charge < -0.3 is 4.74 Å². The molecule has 5 aromatic rings. The first-order valence-corrected chi connectivity index (χ1v) is 10.0. The Hall–Kier alpha value is -2.42. The third kappa shape index (κ3) is 2.41. The Bertz CT molecular complexity index is 1250. The van der Waals surface area contributed by atoms with Crippen molar-refractivity contribution >= 4 is 53.1 Å². The van der Waals surface area contributed by atoms with E-state index in [1.807, 2.05) is 11.3 Å². The van der Waals surface area contributed by atoms with Crippen molar-refractivity contribution in [3.8, 4) is 0 Å². The molecule has 2 heteroatoms. The highest BCUT2D eigenvalue weighted by molar-refractivity contribution is 7.26. The van der Waals surface area contributed by atoms with Gasteiger partial charge >= 0.3 is 0 Å². The Morgan fingerprint density at radius 2 is 1.62 bits per heavy atom. The van der Waals surface area contributed by atoms with E-state index in [9.17, 15) is 0 Å². The molecule has 0 radical (unpaired) electrons. The molecular weight excluding hydrogens is 336 g/mol. The van der Waals surface area contributed by atoms with E-state index in [-0.39, 0.29) is 0 Å². The summed E-state index contributed by atoms with van der Waals surface area (Å²) in [6.07, 6.45) is 0.954. The second-order valence-corrected chi connectivity index (χ2v) is 7.72. The third-order valence-electron chi connectivity index (χ3n) is 5.17. The molecule has 0 amide bonds. The van der Waals surface area contributed by atoms with Gasteiger partial charge in [-0.1, -0.05) is 60.7 Å². The van der Waals surface area contributed by atoms with Gasteiger partial charge in [0.25, 0.3) is 0 Å². The van der Waals surface area contributed by atoms with Crippen molar-refractivity contribution in [2.45, 2.75) is 13.3 Å². The molecule has 4 aromatic carbocycles. The van der Waals surface area contributed by atoms with Crippen LogP contribution in [0.25, 0.3) is 41.7 Å². The van der Waals surface area contributed by atoms with Gasteiger partial charge in [0.15, 0.2) is 0 Å². The smallest absolute Gasteiger partial charge is 0.0506 e. The predicted octanol–water partition coefficient (Wildman–Crippen LogP) is 6.94. The largest absolute Gasteiger partial charge is 0.381 e. The molecule has 128 valence electrons. The Kier molecular flexibility index (Phi) is 3.88. The van der Waals surface area contributed by atoms with E-state index < -0.39 is 0 Å². The number of hydrogen-bond donors (Lipinski definition) is 0. The van der Waals surface area contributed by atoms with Crippen LogP contribution in [-0.2, 0) is 11.2 Å². The molecule has 0 spiro atoms. The van der Waals surface area contributed by atoms with Crippen molar-refractivity contribution < 1.29 is 4.74 Å². The van der Waals surface area contributed by atoms with Gasteiger partial charge in [0.1, 0.15) is 0 Å². The van der Waals surface area contributed by atoms with Gasteiger partial charge in [-0.05, 0) is 46.5 Å². The fourth-order valence-corrected chi connectivity index (χ4v) is 5.23. The first-order valence-electron chi connectivity index (χ1n) is 9.19. The maximum Gasteiger partial charge on any atom is 0.0506 e. The predicted molar refractivity (Wildman–Crippen MR) is 115 cm³/mol. The molecule has 0 N–H and O–H groups in total. The van der Waals surface area contributed by atoms with Crippen LogP contribution in [0.5, 0.6) is 0 Å². The van der Waals surface area contributed by atoms with Crippen LogP contribution in [0.15, 0.2) is 66.7 Å². The number of rotatable bonds is 4. The first-order chi connectivity index (χ1) is 12.9. The number of benzene rings is 4. The van der Waals surface area contributed by atoms with Crippen LogP contribution >= 0.6 is 11.3 Å². The van der Waals surface area contributed by atoms with Crippen LogP contribution in [0.2, 0.25) is 0 Å². The molecule has 0 fully saturated rings. The van der Waals surface area contributed by atoms with Crippen LogP contribution in [0.4, 0.5) is 0 Å². The highest BCUT2D eigenvalue weighted by Crippen LogP contribution is 2.42. The summed E-state index contributed by atoms with van der Waals surface area (Å²) in [6.45, 7) is 3.60. The molecule has 0 saturated heterocycles.